The van der Waals surface area contributed by atoms with E-state index in [4.69, 9.17) is 9.47 Å². The first-order valence-electron chi connectivity index (χ1n) is 7.98. The fraction of sp³-hybridized carbons (Fsp3) is 0.333. The van der Waals surface area contributed by atoms with Crippen LogP contribution in [0.25, 0.3) is 0 Å². The number of methoxy groups -OCH3 is 2. The highest BCUT2D eigenvalue weighted by Gasteiger charge is 2.21. The van der Waals surface area contributed by atoms with Crippen molar-refractivity contribution in [2.75, 3.05) is 14.2 Å². The van der Waals surface area contributed by atoms with Gasteiger partial charge in [0.15, 0.2) is 11.5 Å². The van der Waals surface area contributed by atoms with Gasteiger partial charge in [0, 0.05) is 0 Å². The predicted octanol–water partition coefficient (Wildman–Crippen LogP) is 5.07. The van der Waals surface area contributed by atoms with Crippen LogP contribution in [0.15, 0.2) is 61.2 Å². The number of hydrogen-bond acceptors (Lipinski definition) is 2. The van der Waals surface area contributed by atoms with E-state index in [0.717, 1.165) is 30.8 Å². The van der Waals surface area contributed by atoms with Crippen molar-refractivity contribution < 1.29 is 9.47 Å². The molecule has 0 aromatic heterocycles. The van der Waals surface area contributed by atoms with Crippen molar-refractivity contribution in [1.82, 2.24) is 0 Å². The Labute approximate surface area is 139 Å². The van der Waals surface area contributed by atoms with Gasteiger partial charge in [0.05, 0.1) is 14.2 Å². The summed E-state index contributed by atoms with van der Waals surface area (Å²) in [5.41, 5.74) is 2.65. The molecule has 0 radical (unpaired) electrons. The molecule has 2 rings (SSSR count). The molecule has 23 heavy (non-hydrogen) atoms. The monoisotopic (exact) mass is 310 g/mol. The normalized spacial score (nSPS) is 13.2. The highest BCUT2D eigenvalue weighted by atomic mass is 16.5. The summed E-state index contributed by atoms with van der Waals surface area (Å²) in [6, 6.07) is 16.7. The molecule has 0 saturated heterocycles. The molecule has 0 aliphatic rings. The number of hydrogen-bond donors (Lipinski definition) is 0. The second kappa shape index (κ2) is 7.87. The summed E-state index contributed by atoms with van der Waals surface area (Å²) in [7, 11) is 3.33. The first kappa shape index (κ1) is 17.1. The number of allylic oxidation sites excluding steroid dienone is 1. The Hall–Kier alpha value is -2.22. The van der Waals surface area contributed by atoms with Crippen LogP contribution in [0.2, 0.25) is 0 Å². The van der Waals surface area contributed by atoms with Crippen LogP contribution in [0, 0.1) is 5.41 Å². The zero-order valence-electron chi connectivity index (χ0n) is 14.3. The van der Waals surface area contributed by atoms with E-state index in [1.165, 1.54) is 11.1 Å². The van der Waals surface area contributed by atoms with Gasteiger partial charge in [-0.05, 0) is 47.9 Å². The van der Waals surface area contributed by atoms with Crippen molar-refractivity contribution in [1.29, 1.82) is 0 Å². The van der Waals surface area contributed by atoms with Crippen LogP contribution in [0.5, 0.6) is 11.5 Å². The minimum Gasteiger partial charge on any atom is -0.493 e. The topological polar surface area (TPSA) is 18.5 Å². The van der Waals surface area contributed by atoms with E-state index in [-0.39, 0.29) is 5.41 Å². The van der Waals surface area contributed by atoms with Crippen molar-refractivity contribution in [3.8, 4) is 11.5 Å². The summed E-state index contributed by atoms with van der Waals surface area (Å²) in [4.78, 5) is 0. The zero-order valence-corrected chi connectivity index (χ0v) is 14.3. The molecule has 0 bridgehead atoms. The summed E-state index contributed by atoms with van der Waals surface area (Å²) in [6.07, 6.45) is 5.13. The quantitative estimate of drug-likeness (QED) is 0.634. The summed E-state index contributed by atoms with van der Waals surface area (Å²) < 4.78 is 10.7. The van der Waals surface area contributed by atoms with Crippen molar-refractivity contribution in [2.45, 2.75) is 26.2 Å². The molecule has 0 spiro atoms. The molecule has 0 aliphatic heterocycles. The van der Waals surface area contributed by atoms with Crippen LogP contribution < -0.4 is 9.47 Å². The lowest BCUT2D eigenvalue weighted by atomic mass is 9.79. The lowest BCUT2D eigenvalue weighted by molar-refractivity contribution is 0.352. The SMILES string of the molecule is C=C[C@](C)(CCc1ccccc1)Cc1ccc(OC)c(OC)c1. The van der Waals surface area contributed by atoms with Crippen LogP contribution >= 0.6 is 0 Å². The molecule has 0 unspecified atom stereocenters. The number of aryl methyl sites for hydroxylation is 1. The van der Waals surface area contributed by atoms with Gasteiger partial charge in [-0.2, -0.15) is 0 Å². The molecule has 0 amide bonds. The van der Waals surface area contributed by atoms with Crippen molar-refractivity contribution in [2.24, 2.45) is 5.41 Å². The van der Waals surface area contributed by atoms with Crippen LogP contribution in [0.1, 0.15) is 24.5 Å². The van der Waals surface area contributed by atoms with E-state index in [2.05, 4.69) is 62.0 Å². The lowest BCUT2D eigenvalue weighted by Gasteiger charge is -2.26. The second-order valence-electron chi connectivity index (χ2n) is 6.21. The Bertz CT molecular complexity index is 634. The summed E-state index contributed by atoms with van der Waals surface area (Å²) in [5.74, 6) is 1.54. The number of rotatable bonds is 8. The van der Waals surface area contributed by atoms with Gasteiger partial charge in [-0.25, -0.2) is 0 Å². The maximum absolute atomic E-state index is 5.40. The second-order valence-corrected chi connectivity index (χ2v) is 6.21. The van der Waals surface area contributed by atoms with Gasteiger partial charge in [0.25, 0.3) is 0 Å². The average Bonchev–Trinajstić information content (AvgIpc) is 2.61. The molecule has 1 atom stereocenters. The molecule has 122 valence electrons. The van der Waals surface area contributed by atoms with E-state index in [9.17, 15) is 0 Å². The highest BCUT2D eigenvalue weighted by molar-refractivity contribution is 5.43. The third kappa shape index (κ3) is 4.62. The minimum atomic E-state index is 0.0510. The van der Waals surface area contributed by atoms with Crippen LogP contribution in [-0.4, -0.2) is 14.2 Å². The summed E-state index contributed by atoms with van der Waals surface area (Å²) in [6.45, 7) is 6.33. The zero-order chi connectivity index (χ0) is 16.7. The predicted molar refractivity (Wildman–Crippen MR) is 96.3 cm³/mol. The molecule has 2 heteroatoms. The lowest BCUT2D eigenvalue weighted by Crippen LogP contribution is -2.17. The maximum atomic E-state index is 5.40. The number of ether oxygens (including phenoxy) is 2. The Morgan fingerprint density at radius 1 is 0.957 bits per heavy atom. The minimum absolute atomic E-state index is 0.0510. The van der Waals surface area contributed by atoms with Crippen molar-refractivity contribution >= 4 is 0 Å². The average molecular weight is 310 g/mol. The summed E-state index contributed by atoms with van der Waals surface area (Å²) in [5, 5.41) is 0. The van der Waals surface area contributed by atoms with Crippen molar-refractivity contribution in [3.05, 3.63) is 72.3 Å². The molecule has 2 aromatic carbocycles. The van der Waals surface area contributed by atoms with Gasteiger partial charge in [-0.1, -0.05) is 49.4 Å². The maximum Gasteiger partial charge on any atom is 0.160 e. The Balaban J connectivity index is 2.09. The van der Waals surface area contributed by atoms with Gasteiger partial charge in [-0.15, -0.1) is 6.58 Å². The first-order chi connectivity index (χ1) is 11.1. The van der Waals surface area contributed by atoms with Gasteiger partial charge in [0.2, 0.25) is 0 Å². The standard InChI is InChI=1S/C21H26O2/c1-5-21(2,14-13-17-9-7-6-8-10-17)16-18-11-12-19(22-3)20(15-18)23-4/h5-12,15H,1,13-14,16H2,2-4H3/t21-/m1/s1. The molecule has 0 aliphatic carbocycles. The Morgan fingerprint density at radius 3 is 2.26 bits per heavy atom. The molecule has 0 fully saturated rings. The Morgan fingerprint density at radius 2 is 1.65 bits per heavy atom. The van der Waals surface area contributed by atoms with Crippen LogP contribution in [-0.2, 0) is 12.8 Å². The highest BCUT2D eigenvalue weighted by Crippen LogP contribution is 2.33. The van der Waals surface area contributed by atoms with Crippen LogP contribution in [0.3, 0.4) is 0 Å². The van der Waals surface area contributed by atoms with Gasteiger partial charge < -0.3 is 9.47 Å². The van der Waals surface area contributed by atoms with Crippen molar-refractivity contribution in [3.63, 3.8) is 0 Å². The van der Waals surface area contributed by atoms with E-state index < -0.39 is 0 Å². The number of benzene rings is 2. The molecule has 0 heterocycles. The van der Waals surface area contributed by atoms with Gasteiger partial charge >= 0.3 is 0 Å². The smallest absolute Gasteiger partial charge is 0.160 e. The first-order valence-corrected chi connectivity index (χ1v) is 7.98. The largest absolute Gasteiger partial charge is 0.493 e. The Kier molecular flexibility index (Phi) is 5.86. The third-order valence-corrected chi connectivity index (χ3v) is 4.38. The van der Waals surface area contributed by atoms with E-state index >= 15 is 0 Å². The molecule has 2 nitrogen and oxygen atoms in total. The molecule has 0 saturated carbocycles. The van der Waals surface area contributed by atoms with Gasteiger partial charge in [0.1, 0.15) is 0 Å². The van der Waals surface area contributed by atoms with Gasteiger partial charge in [-0.3, -0.25) is 0 Å². The van der Waals surface area contributed by atoms with E-state index in [1.807, 2.05) is 6.07 Å². The summed E-state index contributed by atoms with van der Waals surface area (Å²) >= 11 is 0. The van der Waals surface area contributed by atoms with E-state index in [1.54, 1.807) is 14.2 Å². The molecule has 0 N–H and O–H groups in total. The fourth-order valence-electron chi connectivity index (χ4n) is 2.79. The fourth-order valence-corrected chi connectivity index (χ4v) is 2.79. The third-order valence-electron chi connectivity index (χ3n) is 4.38. The molecular weight excluding hydrogens is 284 g/mol. The molecule has 2 aromatic rings. The van der Waals surface area contributed by atoms with Crippen LogP contribution in [0.4, 0.5) is 0 Å². The van der Waals surface area contributed by atoms with E-state index in [0.29, 0.717) is 0 Å². The molecular formula is C21H26O2.